The predicted octanol–water partition coefficient (Wildman–Crippen LogP) is 2.20. The van der Waals surface area contributed by atoms with Gasteiger partial charge in [0.15, 0.2) is 15.3 Å². The molecule has 9 heteroatoms. The highest BCUT2D eigenvalue weighted by Crippen LogP contribution is 2.34. The number of morpholine rings is 1. The van der Waals surface area contributed by atoms with Gasteiger partial charge in [-0.15, -0.1) is 4.31 Å². The van der Waals surface area contributed by atoms with E-state index in [1.165, 1.54) is 4.31 Å². The molecule has 1 aromatic heterocycles. The smallest absolute Gasteiger partial charge is 0.259 e. The summed E-state index contributed by atoms with van der Waals surface area (Å²) in [5, 5.41) is 3.86. The van der Waals surface area contributed by atoms with Gasteiger partial charge in [-0.1, -0.05) is 27.6 Å². The molecule has 1 atom stereocenters. The summed E-state index contributed by atoms with van der Waals surface area (Å²) < 4.78 is 38.7. The minimum absolute atomic E-state index is 0.0966. The van der Waals surface area contributed by atoms with Crippen molar-refractivity contribution in [3.63, 3.8) is 0 Å². The van der Waals surface area contributed by atoms with Crippen LogP contribution in [0.15, 0.2) is 39.8 Å². The number of amides is 1. The highest BCUT2D eigenvalue weighted by Gasteiger charge is 2.46. The molecule has 4 rings (SSSR count). The van der Waals surface area contributed by atoms with Gasteiger partial charge in [-0.2, -0.15) is 0 Å². The molecule has 0 saturated carbocycles. The summed E-state index contributed by atoms with van der Waals surface area (Å²) in [5.41, 5.74) is 0.538. The standard InChI is InChI=1S/C20H25N3O5S/c1-15-18(16(2)28-21-15)19(24)22-10-8-20(9-11-22)14-23(12-13-27-20)29(25,26)17-6-4-3-5-7-17/h3-7H,8-14H2,1-2H3. The first kappa shape index (κ1) is 20.2. The molecule has 156 valence electrons. The molecule has 0 radical (unpaired) electrons. The van der Waals surface area contributed by atoms with E-state index in [-0.39, 0.29) is 5.91 Å². The number of carbonyl (C=O) groups is 1. The van der Waals surface area contributed by atoms with Gasteiger partial charge in [-0.3, -0.25) is 4.79 Å². The van der Waals surface area contributed by atoms with E-state index in [0.717, 1.165) is 0 Å². The van der Waals surface area contributed by atoms with Crippen molar-refractivity contribution in [2.75, 3.05) is 32.8 Å². The number of aromatic nitrogens is 1. The maximum Gasteiger partial charge on any atom is 0.259 e. The van der Waals surface area contributed by atoms with Crippen LogP contribution in [-0.2, 0) is 19.3 Å². The van der Waals surface area contributed by atoms with E-state index >= 15 is 0 Å². The lowest BCUT2D eigenvalue weighted by Gasteiger charge is -2.46. The maximum atomic E-state index is 13.0. The van der Waals surface area contributed by atoms with Gasteiger partial charge in [-0.25, -0.2) is 0 Å². The van der Waals surface area contributed by atoms with Crippen molar-refractivity contribution in [3.8, 4) is 0 Å². The highest BCUT2D eigenvalue weighted by molar-refractivity contribution is 7.95. The Morgan fingerprint density at radius 2 is 1.86 bits per heavy atom. The van der Waals surface area contributed by atoms with Gasteiger partial charge in [0.25, 0.3) is 5.91 Å². The largest absolute Gasteiger partial charge is 0.593 e. The van der Waals surface area contributed by atoms with Crippen LogP contribution >= 0.6 is 0 Å². The van der Waals surface area contributed by atoms with Crippen molar-refractivity contribution in [1.29, 1.82) is 0 Å². The van der Waals surface area contributed by atoms with Crippen LogP contribution in [0.5, 0.6) is 0 Å². The van der Waals surface area contributed by atoms with E-state index in [9.17, 15) is 13.6 Å². The minimum atomic E-state index is -3.56. The van der Waals surface area contributed by atoms with Crippen molar-refractivity contribution in [1.82, 2.24) is 14.4 Å². The second-order valence-corrected chi connectivity index (χ2v) is 9.61. The number of rotatable bonds is 3. The van der Waals surface area contributed by atoms with Gasteiger partial charge in [-0.05, 0) is 38.8 Å². The lowest BCUT2D eigenvalue weighted by atomic mass is 9.89. The fourth-order valence-electron chi connectivity index (χ4n) is 4.12. The molecule has 2 saturated heterocycles. The van der Waals surface area contributed by atoms with Gasteiger partial charge in [0.05, 0.1) is 31.0 Å². The predicted molar refractivity (Wildman–Crippen MR) is 105 cm³/mol. The second-order valence-electron chi connectivity index (χ2n) is 7.67. The number of ether oxygens (including phenoxy) is 1. The first-order valence-corrected chi connectivity index (χ1v) is 11.2. The zero-order chi connectivity index (χ0) is 20.6. The molecule has 0 bridgehead atoms. The number of hydrogen-bond donors (Lipinski definition) is 0. The minimum Gasteiger partial charge on any atom is -0.593 e. The SMILES string of the molecule is Cc1noc(C)c1C(=O)N1CCC2(CC1)CN([S+](=O)([O-])c1ccccc1)CCO2. The summed E-state index contributed by atoms with van der Waals surface area (Å²) in [7, 11) is -3.56. The fourth-order valence-corrected chi connectivity index (χ4v) is 5.64. The van der Waals surface area contributed by atoms with Gasteiger partial charge in [0.2, 0.25) is 0 Å². The summed E-state index contributed by atoms with van der Waals surface area (Å²) in [4.78, 5) is 14.9. The van der Waals surface area contributed by atoms with E-state index in [0.29, 0.717) is 67.5 Å². The Labute approximate surface area is 171 Å². The highest BCUT2D eigenvalue weighted by atomic mass is 32.3. The van der Waals surface area contributed by atoms with Crippen molar-refractivity contribution in [2.24, 2.45) is 0 Å². The number of piperidine rings is 1. The number of nitrogens with zero attached hydrogens (tertiary/aromatic N) is 3. The summed E-state index contributed by atoms with van der Waals surface area (Å²) in [6.07, 6.45) is 1.17. The van der Waals surface area contributed by atoms with Crippen molar-refractivity contribution >= 4 is 16.3 Å². The molecule has 29 heavy (non-hydrogen) atoms. The number of sulfonamides is 1. The van der Waals surface area contributed by atoms with Gasteiger partial charge < -0.3 is 18.7 Å². The van der Waals surface area contributed by atoms with Crippen LogP contribution in [0, 0.1) is 13.8 Å². The summed E-state index contributed by atoms with van der Waals surface area (Å²) >= 11 is 0. The monoisotopic (exact) mass is 419 g/mol. The van der Waals surface area contributed by atoms with Crippen LogP contribution < -0.4 is 0 Å². The van der Waals surface area contributed by atoms with Crippen molar-refractivity contribution in [2.45, 2.75) is 37.2 Å². The zero-order valence-corrected chi connectivity index (χ0v) is 17.4. The quantitative estimate of drug-likeness (QED) is 0.708. The number of aryl methyl sites for hydroxylation is 2. The summed E-state index contributed by atoms with van der Waals surface area (Å²) in [6, 6.07) is 8.47. The Hall–Kier alpha value is -2.07. The Morgan fingerprint density at radius 3 is 2.48 bits per heavy atom. The Balaban J connectivity index is 1.45. The molecule has 8 nitrogen and oxygen atoms in total. The number of benzene rings is 1. The third-order valence-corrected chi connectivity index (χ3v) is 7.66. The van der Waals surface area contributed by atoms with Crippen LogP contribution in [0.25, 0.3) is 0 Å². The first-order valence-electron chi connectivity index (χ1n) is 9.74. The lowest BCUT2D eigenvalue weighted by molar-refractivity contribution is -0.116. The fraction of sp³-hybridized carbons (Fsp3) is 0.500. The van der Waals surface area contributed by atoms with Crippen molar-refractivity contribution in [3.05, 3.63) is 47.3 Å². The van der Waals surface area contributed by atoms with Crippen LogP contribution in [0.1, 0.15) is 34.7 Å². The van der Waals surface area contributed by atoms with E-state index in [1.807, 2.05) is 0 Å². The topological polar surface area (TPSA) is 98.9 Å². The third-order valence-electron chi connectivity index (χ3n) is 5.80. The number of carbonyl (C=O) groups excluding carboxylic acids is 1. The average molecular weight is 420 g/mol. The molecule has 2 aromatic rings. The molecule has 1 unspecified atom stereocenters. The van der Waals surface area contributed by atoms with E-state index in [4.69, 9.17) is 9.26 Å². The van der Waals surface area contributed by atoms with E-state index < -0.39 is 16.0 Å². The zero-order valence-electron chi connectivity index (χ0n) is 16.6. The molecule has 1 spiro atoms. The Bertz CT molecular complexity index is 917. The molecular weight excluding hydrogens is 394 g/mol. The Morgan fingerprint density at radius 1 is 1.17 bits per heavy atom. The first-order chi connectivity index (χ1) is 13.8. The van der Waals surface area contributed by atoms with E-state index in [1.54, 1.807) is 49.1 Å². The van der Waals surface area contributed by atoms with Crippen molar-refractivity contribution < 1.29 is 22.8 Å². The molecule has 0 N–H and O–H groups in total. The van der Waals surface area contributed by atoms with Crippen LogP contribution in [-0.4, -0.2) is 63.2 Å². The van der Waals surface area contributed by atoms with E-state index in [2.05, 4.69) is 5.16 Å². The van der Waals surface area contributed by atoms with Crippen LogP contribution in [0.3, 0.4) is 0 Å². The summed E-state index contributed by atoms with van der Waals surface area (Å²) in [5.74, 6) is 0.419. The molecule has 0 aliphatic carbocycles. The van der Waals surface area contributed by atoms with Gasteiger partial charge in [0.1, 0.15) is 11.3 Å². The molecule has 1 aromatic carbocycles. The normalized spacial score (nSPS) is 21.8. The molecule has 3 heterocycles. The maximum absolute atomic E-state index is 13.0. The van der Waals surface area contributed by atoms with Crippen LogP contribution in [0.4, 0.5) is 0 Å². The molecular formula is C20H25N3O5S. The number of likely N-dealkylation sites (tertiary alicyclic amines) is 1. The average Bonchev–Trinajstić information content (AvgIpc) is 3.07. The molecule has 1 amide bonds. The van der Waals surface area contributed by atoms with Crippen LogP contribution in [0.2, 0.25) is 0 Å². The second kappa shape index (κ2) is 7.64. The summed E-state index contributed by atoms with van der Waals surface area (Å²) in [6.45, 7) is 5.48. The Kier molecular flexibility index (Phi) is 5.32. The van der Waals surface area contributed by atoms with Gasteiger partial charge >= 0.3 is 0 Å². The third kappa shape index (κ3) is 3.75. The lowest BCUT2D eigenvalue weighted by Crippen LogP contribution is -2.59. The molecule has 2 aliphatic rings. The number of hydrogen-bond acceptors (Lipinski definition) is 6. The molecule has 2 fully saturated rings. The van der Waals surface area contributed by atoms with Gasteiger partial charge in [0, 0.05) is 13.1 Å². The molecule has 2 aliphatic heterocycles.